The first-order valence-electron chi connectivity index (χ1n) is 6.08. The highest BCUT2D eigenvalue weighted by atomic mass is 35.5. The van der Waals surface area contributed by atoms with E-state index in [-0.39, 0.29) is 0 Å². The summed E-state index contributed by atoms with van der Waals surface area (Å²) in [6, 6.07) is 10.8. The topological polar surface area (TPSA) is 52.3 Å². The van der Waals surface area contributed by atoms with E-state index in [0.717, 1.165) is 11.1 Å². The first kappa shape index (κ1) is 14.9. The summed E-state index contributed by atoms with van der Waals surface area (Å²) < 4.78 is 17.8. The fourth-order valence-electron chi connectivity index (χ4n) is 1.92. The molecule has 0 saturated heterocycles. The van der Waals surface area contributed by atoms with Crippen molar-refractivity contribution in [2.24, 2.45) is 0 Å². The molecule has 0 spiro atoms. The highest BCUT2D eigenvalue weighted by molar-refractivity contribution is 7.84. The lowest BCUT2D eigenvalue weighted by molar-refractivity contribution is 0.411. The van der Waals surface area contributed by atoms with Gasteiger partial charge in [0.2, 0.25) is 0 Å². The summed E-state index contributed by atoms with van der Waals surface area (Å²) in [4.78, 5) is 0.645. The van der Waals surface area contributed by atoms with Crippen molar-refractivity contribution >= 4 is 28.1 Å². The van der Waals surface area contributed by atoms with Crippen LogP contribution in [0, 0.1) is 6.92 Å². The van der Waals surface area contributed by atoms with Crippen LogP contribution in [0.25, 0.3) is 0 Å². The van der Waals surface area contributed by atoms with E-state index in [2.05, 4.69) is 0 Å². The van der Waals surface area contributed by atoms with Crippen molar-refractivity contribution in [3.05, 3.63) is 52.5 Å². The molecule has 1 atom stereocenters. The van der Waals surface area contributed by atoms with Gasteiger partial charge in [-0.3, -0.25) is 4.21 Å². The first-order valence-corrected chi connectivity index (χ1v) is 7.78. The summed E-state index contributed by atoms with van der Waals surface area (Å²) in [5.74, 6) is 0.992. The van der Waals surface area contributed by atoms with Gasteiger partial charge in [-0.25, -0.2) is 0 Å². The van der Waals surface area contributed by atoms with E-state index in [0.29, 0.717) is 27.1 Å². The third-order valence-electron chi connectivity index (χ3n) is 2.94. The molecule has 0 aromatic heterocycles. The summed E-state index contributed by atoms with van der Waals surface area (Å²) in [6.45, 7) is 1.94. The van der Waals surface area contributed by atoms with Crippen molar-refractivity contribution in [3.63, 3.8) is 0 Å². The summed E-state index contributed by atoms with van der Waals surface area (Å²) in [5, 5.41) is 0.593. The fourth-order valence-corrected chi connectivity index (χ4v) is 3.42. The zero-order valence-corrected chi connectivity index (χ0v) is 12.9. The minimum atomic E-state index is -1.24. The van der Waals surface area contributed by atoms with E-state index in [1.54, 1.807) is 31.4 Å². The average Bonchev–Trinajstić information content (AvgIpc) is 2.41. The van der Waals surface area contributed by atoms with Crippen molar-refractivity contribution in [1.82, 2.24) is 0 Å². The fraction of sp³-hybridized carbons (Fsp3) is 0.200. The normalized spacial score (nSPS) is 12.2. The van der Waals surface area contributed by atoms with Crippen molar-refractivity contribution in [3.8, 4) is 5.75 Å². The molecule has 106 valence electrons. The minimum absolute atomic E-state index is 0.317. The largest absolute Gasteiger partial charge is 0.496 e. The Balaban J connectivity index is 2.32. The molecule has 0 saturated carbocycles. The summed E-state index contributed by atoms with van der Waals surface area (Å²) >= 11 is 5.98. The number of nitrogens with two attached hydrogens (primary N) is 1. The van der Waals surface area contributed by atoms with Crippen LogP contribution in [-0.4, -0.2) is 11.3 Å². The van der Waals surface area contributed by atoms with Crippen LogP contribution >= 0.6 is 11.6 Å². The van der Waals surface area contributed by atoms with Crippen LogP contribution in [0.1, 0.15) is 11.1 Å². The van der Waals surface area contributed by atoms with Gasteiger partial charge in [0.1, 0.15) is 5.75 Å². The molecule has 2 aromatic rings. The highest BCUT2D eigenvalue weighted by Crippen LogP contribution is 2.27. The lowest BCUT2D eigenvalue weighted by Gasteiger charge is -2.10. The van der Waals surface area contributed by atoms with Gasteiger partial charge >= 0.3 is 0 Å². The molecule has 0 aliphatic carbocycles. The third kappa shape index (κ3) is 3.32. The predicted octanol–water partition coefficient (Wildman–Crippen LogP) is 3.55. The number of halogens is 1. The molecule has 2 rings (SSSR count). The van der Waals surface area contributed by atoms with Crippen LogP contribution in [0.3, 0.4) is 0 Å². The molecule has 5 heteroatoms. The second kappa shape index (κ2) is 6.29. The number of benzene rings is 2. The number of nitrogen functional groups attached to an aromatic ring is 1. The van der Waals surface area contributed by atoms with Gasteiger partial charge in [-0.2, -0.15) is 0 Å². The lowest BCUT2D eigenvalue weighted by atomic mass is 10.2. The molecule has 0 aliphatic heterocycles. The van der Waals surface area contributed by atoms with Gasteiger partial charge in [-0.15, -0.1) is 0 Å². The second-order valence-corrected chi connectivity index (χ2v) is 6.34. The monoisotopic (exact) mass is 309 g/mol. The molecule has 1 unspecified atom stereocenters. The molecule has 20 heavy (non-hydrogen) atoms. The average molecular weight is 310 g/mol. The quantitative estimate of drug-likeness (QED) is 0.879. The number of rotatable bonds is 4. The van der Waals surface area contributed by atoms with Gasteiger partial charge in [-0.05, 0) is 42.8 Å². The smallest absolute Gasteiger partial charge is 0.123 e. The van der Waals surface area contributed by atoms with Crippen molar-refractivity contribution in [1.29, 1.82) is 0 Å². The van der Waals surface area contributed by atoms with Crippen molar-refractivity contribution in [2.75, 3.05) is 12.8 Å². The second-order valence-electron chi connectivity index (χ2n) is 4.49. The molecule has 2 aromatic carbocycles. The molecule has 0 aliphatic rings. The van der Waals surface area contributed by atoms with Crippen LogP contribution in [0.2, 0.25) is 5.02 Å². The van der Waals surface area contributed by atoms with Gasteiger partial charge in [0, 0.05) is 16.3 Å². The van der Waals surface area contributed by atoms with Crippen LogP contribution in [0.4, 0.5) is 5.69 Å². The van der Waals surface area contributed by atoms with Crippen LogP contribution < -0.4 is 10.5 Å². The Kier molecular flexibility index (Phi) is 4.68. The number of ether oxygens (including phenoxy) is 1. The molecule has 3 nitrogen and oxygen atoms in total. The zero-order chi connectivity index (χ0) is 14.7. The number of methoxy groups -OCH3 is 1. The number of aryl methyl sites for hydroxylation is 1. The Labute approximate surface area is 126 Å². The summed E-state index contributed by atoms with van der Waals surface area (Å²) in [6.07, 6.45) is 0. The van der Waals surface area contributed by atoms with Crippen LogP contribution in [-0.2, 0) is 16.6 Å². The maximum absolute atomic E-state index is 12.5. The predicted molar refractivity (Wildman–Crippen MR) is 83.7 cm³/mol. The highest BCUT2D eigenvalue weighted by Gasteiger charge is 2.13. The zero-order valence-electron chi connectivity index (χ0n) is 11.4. The maximum atomic E-state index is 12.5. The standard InChI is InChI=1S/C15H16ClNO2S/c1-10-3-5-13(17)15(7-10)20(18)9-11-8-12(16)4-6-14(11)19-2/h3-8H,9,17H2,1-2H3. The minimum Gasteiger partial charge on any atom is -0.496 e. The van der Waals surface area contributed by atoms with E-state index < -0.39 is 10.8 Å². The number of hydrogen-bond acceptors (Lipinski definition) is 3. The molecule has 0 heterocycles. The van der Waals surface area contributed by atoms with Crippen LogP contribution in [0.15, 0.2) is 41.3 Å². The molecule has 0 radical (unpaired) electrons. The van der Waals surface area contributed by atoms with Crippen LogP contribution in [0.5, 0.6) is 5.75 Å². The summed E-state index contributed by atoms with van der Waals surface area (Å²) in [7, 11) is 0.340. The molecular weight excluding hydrogens is 294 g/mol. The number of hydrogen-bond donors (Lipinski definition) is 1. The van der Waals surface area contributed by atoms with Gasteiger partial charge in [0.05, 0.1) is 28.6 Å². The summed E-state index contributed by atoms with van der Waals surface area (Å²) in [5.41, 5.74) is 8.26. The third-order valence-corrected chi connectivity index (χ3v) is 4.60. The van der Waals surface area contributed by atoms with E-state index in [4.69, 9.17) is 22.1 Å². The van der Waals surface area contributed by atoms with E-state index >= 15 is 0 Å². The Hall–Kier alpha value is -1.52. The van der Waals surface area contributed by atoms with Gasteiger partial charge < -0.3 is 10.5 Å². The SMILES string of the molecule is COc1ccc(Cl)cc1CS(=O)c1cc(C)ccc1N. The Bertz CT molecular complexity index is 658. The van der Waals surface area contributed by atoms with Crippen molar-refractivity contribution in [2.45, 2.75) is 17.6 Å². The van der Waals surface area contributed by atoms with Gasteiger partial charge in [-0.1, -0.05) is 17.7 Å². The number of anilines is 1. The molecule has 0 bridgehead atoms. The molecule has 0 fully saturated rings. The van der Waals surface area contributed by atoms with E-state index in [1.807, 2.05) is 19.1 Å². The van der Waals surface area contributed by atoms with Gasteiger partial charge in [0.15, 0.2) is 0 Å². The van der Waals surface area contributed by atoms with E-state index in [1.165, 1.54) is 0 Å². The lowest BCUT2D eigenvalue weighted by Crippen LogP contribution is -2.03. The Morgan fingerprint density at radius 2 is 2.00 bits per heavy atom. The first-order chi connectivity index (χ1) is 9.51. The maximum Gasteiger partial charge on any atom is 0.123 e. The molecule has 2 N–H and O–H groups in total. The van der Waals surface area contributed by atoms with Crippen molar-refractivity contribution < 1.29 is 8.95 Å². The Morgan fingerprint density at radius 1 is 1.25 bits per heavy atom. The Morgan fingerprint density at radius 3 is 2.70 bits per heavy atom. The van der Waals surface area contributed by atoms with Gasteiger partial charge in [0.25, 0.3) is 0 Å². The molecular formula is C15H16ClNO2S. The van der Waals surface area contributed by atoms with E-state index in [9.17, 15) is 4.21 Å². The molecule has 0 amide bonds.